The van der Waals surface area contributed by atoms with Gasteiger partial charge in [-0.2, -0.15) is 0 Å². The fourth-order valence-electron chi connectivity index (χ4n) is 1.58. The minimum absolute atomic E-state index is 0.398. The third-order valence-corrected chi connectivity index (χ3v) is 2.20. The average molecular weight is 236 g/mol. The summed E-state index contributed by atoms with van der Waals surface area (Å²) in [5, 5.41) is 0. The number of ether oxygens (including phenoxy) is 2. The monoisotopic (exact) mass is 236 g/mol. The summed E-state index contributed by atoms with van der Waals surface area (Å²) < 4.78 is 10.2. The molecule has 1 rings (SSSR count). The molecule has 0 aromatic heterocycles. The van der Waals surface area contributed by atoms with Gasteiger partial charge in [-0.3, -0.25) is 9.59 Å². The summed E-state index contributed by atoms with van der Waals surface area (Å²) in [4.78, 5) is 22.0. The van der Waals surface area contributed by atoms with Crippen molar-refractivity contribution in [3.8, 4) is 0 Å². The van der Waals surface area contributed by atoms with Crippen molar-refractivity contribution in [2.45, 2.75) is 33.0 Å². The summed E-state index contributed by atoms with van der Waals surface area (Å²) in [5.74, 6) is -0.802. The largest absolute Gasteiger partial charge is 0.459 e. The van der Waals surface area contributed by atoms with E-state index in [1.165, 1.54) is 13.8 Å². The first-order chi connectivity index (χ1) is 8.00. The van der Waals surface area contributed by atoms with Gasteiger partial charge in [-0.1, -0.05) is 30.3 Å². The maximum absolute atomic E-state index is 11.1. The summed E-state index contributed by atoms with van der Waals surface area (Å²) in [6.45, 7) is 4.35. The Balaban J connectivity index is 2.87. The summed E-state index contributed by atoms with van der Waals surface area (Å²) in [5.41, 5.74) is 0.802. The Labute approximate surface area is 101 Å². The van der Waals surface area contributed by atoms with E-state index in [9.17, 15) is 9.59 Å². The fraction of sp³-hybridized carbons (Fsp3) is 0.385. The van der Waals surface area contributed by atoms with E-state index in [1.807, 2.05) is 30.3 Å². The van der Waals surface area contributed by atoms with Crippen LogP contribution in [0.2, 0.25) is 0 Å². The average Bonchev–Trinajstić information content (AvgIpc) is 2.25. The van der Waals surface area contributed by atoms with Crippen molar-refractivity contribution >= 4 is 11.9 Å². The molecule has 0 radical (unpaired) electrons. The molecule has 0 spiro atoms. The van der Waals surface area contributed by atoms with Gasteiger partial charge in [-0.25, -0.2) is 0 Å². The van der Waals surface area contributed by atoms with Crippen LogP contribution in [0.15, 0.2) is 30.3 Å². The molecule has 0 bridgehead atoms. The van der Waals surface area contributed by atoms with Gasteiger partial charge in [-0.05, 0) is 12.5 Å². The first-order valence-corrected chi connectivity index (χ1v) is 5.40. The Morgan fingerprint density at radius 1 is 1.00 bits per heavy atom. The molecular weight excluding hydrogens is 220 g/mol. The second-order valence-corrected chi connectivity index (χ2v) is 3.76. The van der Waals surface area contributed by atoms with Gasteiger partial charge >= 0.3 is 11.9 Å². The van der Waals surface area contributed by atoms with E-state index in [0.717, 1.165) is 5.56 Å². The molecular formula is C13H16O4. The van der Waals surface area contributed by atoms with Crippen LogP contribution in [-0.4, -0.2) is 18.0 Å². The van der Waals surface area contributed by atoms with Gasteiger partial charge in [0.25, 0.3) is 0 Å². The number of hydrogen-bond acceptors (Lipinski definition) is 4. The summed E-state index contributed by atoms with van der Waals surface area (Å²) in [6, 6.07) is 9.20. The van der Waals surface area contributed by atoms with Gasteiger partial charge in [0.1, 0.15) is 6.10 Å². The maximum Gasteiger partial charge on any atom is 0.303 e. The molecule has 0 fully saturated rings. The molecule has 0 aliphatic carbocycles. The third-order valence-electron chi connectivity index (χ3n) is 2.20. The summed E-state index contributed by atoms with van der Waals surface area (Å²) in [7, 11) is 0. The van der Waals surface area contributed by atoms with E-state index < -0.39 is 24.1 Å². The lowest BCUT2D eigenvalue weighted by molar-refractivity contribution is -0.164. The van der Waals surface area contributed by atoms with Gasteiger partial charge < -0.3 is 9.47 Å². The Morgan fingerprint density at radius 2 is 1.53 bits per heavy atom. The fourth-order valence-corrected chi connectivity index (χ4v) is 1.58. The van der Waals surface area contributed by atoms with Crippen molar-refractivity contribution in [2.24, 2.45) is 0 Å². The normalized spacial score (nSPS) is 13.6. The maximum atomic E-state index is 11.1. The molecule has 92 valence electrons. The van der Waals surface area contributed by atoms with Crippen LogP contribution < -0.4 is 0 Å². The number of carbonyl (C=O) groups excluding carboxylic acids is 2. The predicted molar refractivity (Wildman–Crippen MR) is 62.2 cm³/mol. The second kappa shape index (κ2) is 6.03. The Bertz CT molecular complexity index is 386. The van der Waals surface area contributed by atoms with Gasteiger partial charge in [-0.15, -0.1) is 0 Å². The van der Waals surface area contributed by atoms with Gasteiger partial charge in [0.15, 0.2) is 6.10 Å². The number of esters is 2. The van der Waals surface area contributed by atoms with Gasteiger partial charge in [0, 0.05) is 13.8 Å². The molecule has 0 aliphatic heterocycles. The van der Waals surface area contributed by atoms with Crippen LogP contribution in [0.25, 0.3) is 0 Å². The van der Waals surface area contributed by atoms with Crippen LogP contribution in [0.3, 0.4) is 0 Å². The molecule has 0 saturated carbocycles. The lowest BCUT2D eigenvalue weighted by Gasteiger charge is -2.23. The van der Waals surface area contributed by atoms with Crippen molar-refractivity contribution in [3.63, 3.8) is 0 Å². The topological polar surface area (TPSA) is 52.6 Å². The highest BCUT2D eigenvalue weighted by atomic mass is 16.6. The highest BCUT2D eigenvalue weighted by molar-refractivity contribution is 5.67. The third kappa shape index (κ3) is 4.26. The first-order valence-electron chi connectivity index (χ1n) is 5.40. The minimum atomic E-state index is -0.572. The van der Waals surface area contributed by atoms with Gasteiger partial charge in [0.2, 0.25) is 0 Å². The highest BCUT2D eigenvalue weighted by Crippen LogP contribution is 2.23. The van der Waals surface area contributed by atoms with Crippen LogP contribution in [0.1, 0.15) is 32.4 Å². The van der Waals surface area contributed by atoms with Crippen molar-refractivity contribution < 1.29 is 19.1 Å². The smallest absolute Gasteiger partial charge is 0.303 e. The molecule has 0 unspecified atom stereocenters. The molecule has 0 saturated heterocycles. The zero-order valence-electron chi connectivity index (χ0n) is 10.2. The SMILES string of the molecule is CC(=O)O[C@@H](C)[C@@H](OC(C)=O)c1ccccc1. The van der Waals surface area contributed by atoms with Crippen molar-refractivity contribution in [1.29, 1.82) is 0 Å². The van der Waals surface area contributed by atoms with E-state index in [2.05, 4.69) is 0 Å². The van der Waals surface area contributed by atoms with Gasteiger partial charge in [0.05, 0.1) is 0 Å². The number of hydrogen-bond donors (Lipinski definition) is 0. The molecule has 1 aromatic carbocycles. The van der Waals surface area contributed by atoms with Crippen LogP contribution in [0.4, 0.5) is 0 Å². The van der Waals surface area contributed by atoms with Crippen molar-refractivity contribution in [3.05, 3.63) is 35.9 Å². The van der Waals surface area contributed by atoms with Crippen molar-refractivity contribution in [2.75, 3.05) is 0 Å². The molecule has 0 amide bonds. The highest BCUT2D eigenvalue weighted by Gasteiger charge is 2.24. The van der Waals surface area contributed by atoms with E-state index >= 15 is 0 Å². The molecule has 0 aliphatic rings. The Kier molecular flexibility index (Phi) is 4.69. The Morgan fingerprint density at radius 3 is 2.00 bits per heavy atom. The van der Waals surface area contributed by atoms with E-state index in [-0.39, 0.29) is 0 Å². The summed E-state index contributed by atoms with van der Waals surface area (Å²) >= 11 is 0. The van der Waals surface area contributed by atoms with Crippen LogP contribution in [-0.2, 0) is 19.1 Å². The zero-order chi connectivity index (χ0) is 12.8. The zero-order valence-corrected chi connectivity index (χ0v) is 10.2. The molecule has 4 heteroatoms. The standard InChI is InChI=1S/C13H16O4/c1-9(16-10(2)14)13(17-11(3)15)12-7-5-4-6-8-12/h4-9,13H,1-3H3/t9-,13+/m0/s1. The van der Waals surface area contributed by atoms with Crippen LogP contribution in [0.5, 0.6) is 0 Å². The molecule has 0 heterocycles. The summed E-state index contributed by atoms with van der Waals surface area (Å²) in [6.07, 6.45) is -1.09. The quantitative estimate of drug-likeness (QED) is 0.752. The lowest BCUT2D eigenvalue weighted by Crippen LogP contribution is -2.25. The molecule has 1 aromatic rings. The Hall–Kier alpha value is -1.84. The molecule has 17 heavy (non-hydrogen) atoms. The lowest BCUT2D eigenvalue weighted by atomic mass is 10.1. The minimum Gasteiger partial charge on any atom is -0.459 e. The predicted octanol–water partition coefficient (Wildman–Crippen LogP) is 2.24. The number of carbonyl (C=O) groups is 2. The second-order valence-electron chi connectivity index (χ2n) is 3.76. The molecule has 0 N–H and O–H groups in total. The molecule has 2 atom stereocenters. The van der Waals surface area contributed by atoms with E-state index in [0.29, 0.717) is 0 Å². The molecule has 4 nitrogen and oxygen atoms in total. The number of rotatable bonds is 4. The van der Waals surface area contributed by atoms with Crippen LogP contribution in [0, 0.1) is 0 Å². The van der Waals surface area contributed by atoms with Crippen LogP contribution >= 0.6 is 0 Å². The van der Waals surface area contributed by atoms with E-state index in [4.69, 9.17) is 9.47 Å². The number of benzene rings is 1. The first kappa shape index (κ1) is 13.2. The van der Waals surface area contributed by atoms with E-state index in [1.54, 1.807) is 6.92 Å². The van der Waals surface area contributed by atoms with Crippen molar-refractivity contribution in [1.82, 2.24) is 0 Å².